The number of amides is 1. The molecule has 0 aromatic heterocycles. The van der Waals surface area contributed by atoms with Crippen LogP contribution in [0.4, 0.5) is 0 Å². The lowest BCUT2D eigenvalue weighted by atomic mass is 9.84. The smallest absolute Gasteiger partial charge is 0.224 e. The van der Waals surface area contributed by atoms with Gasteiger partial charge in [-0.15, -0.1) is 0 Å². The summed E-state index contributed by atoms with van der Waals surface area (Å²) in [6.45, 7) is 2.44. The van der Waals surface area contributed by atoms with Crippen molar-refractivity contribution in [1.29, 1.82) is 0 Å². The maximum atomic E-state index is 12.6. The van der Waals surface area contributed by atoms with Gasteiger partial charge < -0.3 is 14.8 Å². The molecule has 4 rings (SSSR count). The van der Waals surface area contributed by atoms with Gasteiger partial charge in [0.2, 0.25) is 5.91 Å². The van der Waals surface area contributed by atoms with Gasteiger partial charge in [-0.1, -0.05) is 12.1 Å². The average molecular weight is 329 g/mol. The van der Waals surface area contributed by atoms with Crippen LogP contribution in [0, 0.1) is 17.8 Å². The van der Waals surface area contributed by atoms with E-state index in [2.05, 4.69) is 5.32 Å². The second-order valence-electron chi connectivity index (χ2n) is 7.38. The molecule has 1 aromatic rings. The standard InChI is InChI=1S/C19H23NO4/c1-11(10-23-2)20-18(22)16-13-7-8-19(17(13)16)9-14(21)12-5-3-4-6-15(12)24-19/h3-6,11,13,16-17H,7-10H2,1-2H3,(H,20,22)/t11-,13-,16+,17+,19-/m1/s1. The lowest BCUT2D eigenvalue weighted by molar-refractivity contribution is -0.125. The fourth-order valence-electron chi connectivity index (χ4n) is 4.75. The fraction of sp³-hybridized carbons (Fsp3) is 0.579. The molecule has 0 bridgehead atoms. The first-order valence-corrected chi connectivity index (χ1v) is 8.66. The summed E-state index contributed by atoms with van der Waals surface area (Å²) in [5, 5.41) is 3.02. The SMILES string of the molecule is COC[C@@H](C)NC(=O)[C@H]1[C@H]2CC[C@@]3(CC(=O)c4ccccc4O3)[C@@H]21. The van der Waals surface area contributed by atoms with Crippen LogP contribution in [0.3, 0.4) is 0 Å². The first-order valence-electron chi connectivity index (χ1n) is 8.66. The molecule has 1 heterocycles. The summed E-state index contributed by atoms with van der Waals surface area (Å²) < 4.78 is 11.4. The third kappa shape index (κ3) is 2.34. The van der Waals surface area contributed by atoms with Crippen molar-refractivity contribution in [3.05, 3.63) is 29.8 Å². The summed E-state index contributed by atoms with van der Waals surface area (Å²) in [5.74, 6) is 1.35. The van der Waals surface area contributed by atoms with Crippen LogP contribution in [0.15, 0.2) is 24.3 Å². The Kier molecular flexibility index (Phi) is 3.64. The van der Waals surface area contributed by atoms with E-state index >= 15 is 0 Å². The summed E-state index contributed by atoms with van der Waals surface area (Å²) in [4.78, 5) is 25.1. The summed E-state index contributed by atoms with van der Waals surface area (Å²) in [6, 6.07) is 7.43. The molecule has 1 aliphatic heterocycles. The average Bonchev–Trinajstić information content (AvgIpc) is 3.20. The zero-order valence-electron chi connectivity index (χ0n) is 14.1. The maximum absolute atomic E-state index is 12.6. The molecule has 0 saturated heterocycles. The second kappa shape index (κ2) is 5.59. The number of rotatable bonds is 4. The van der Waals surface area contributed by atoms with Crippen LogP contribution in [-0.2, 0) is 9.53 Å². The summed E-state index contributed by atoms with van der Waals surface area (Å²) in [5.41, 5.74) is 0.185. The van der Waals surface area contributed by atoms with Gasteiger partial charge in [0.15, 0.2) is 5.78 Å². The number of ketones is 1. The number of ether oxygens (including phenoxy) is 2. The quantitative estimate of drug-likeness (QED) is 0.920. The summed E-state index contributed by atoms with van der Waals surface area (Å²) in [6.07, 6.45) is 2.21. The summed E-state index contributed by atoms with van der Waals surface area (Å²) >= 11 is 0. The zero-order chi connectivity index (χ0) is 16.9. The van der Waals surface area contributed by atoms with Crippen molar-refractivity contribution in [2.24, 2.45) is 17.8 Å². The fourth-order valence-corrected chi connectivity index (χ4v) is 4.75. The van der Waals surface area contributed by atoms with E-state index in [1.807, 2.05) is 31.2 Å². The van der Waals surface area contributed by atoms with E-state index in [-0.39, 0.29) is 29.6 Å². The molecule has 24 heavy (non-hydrogen) atoms. The Labute approximate surface area is 141 Å². The molecule has 5 nitrogen and oxygen atoms in total. The molecule has 1 N–H and O–H groups in total. The van der Waals surface area contributed by atoms with Gasteiger partial charge in [-0.05, 0) is 37.8 Å². The van der Waals surface area contributed by atoms with Crippen LogP contribution in [0.25, 0.3) is 0 Å². The molecule has 0 unspecified atom stereocenters. The predicted octanol–water partition coefficient (Wildman–Crippen LogP) is 2.20. The van der Waals surface area contributed by atoms with Gasteiger partial charge in [0, 0.05) is 25.0 Å². The number of benzene rings is 1. The van der Waals surface area contributed by atoms with E-state index in [0.717, 1.165) is 12.8 Å². The lowest BCUT2D eigenvalue weighted by Gasteiger charge is -2.37. The van der Waals surface area contributed by atoms with Gasteiger partial charge in [-0.3, -0.25) is 9.59 Å². The van der Waals surface area contributed by atoms with Crippen LogP contribution in [0.5, 0.6) is 5.75 Å². The van der Waals surface area contributed by atoms with Gasteiger partial charge in [0.05, 0.1) is 18.6 Å². The number of carbonyl (C=O) groups is 2. The number of carbonyl (C=O) groups excluding carboxylic acids is 2. The molecule has 2 fully saturated rings. The van der Waals surface area contributed by atoms with Crippen molar-refractivity contribution in [3.63, 3.8) is 0 Å². The number of methoxy groups -OCH3 is 1. The van der Waals surface area contributed by atoms with Gasteiger partial charge >= 0.3 is 0 Å². The maximum Gasteiger partial charge on any atom is 0.224 e. The normalized spacial score (nSPS) is 34.2. The van der Waals surface area contributed by atoms with Crippen molar-refractivity contribution in [2.75, 3.05) is 13.7 Å². The molecule has 1 spiro atoms. The highest BCUT2D eigenvalue weighted by Gasteiger charge is 2.70. The van der Waals surface area contributed by atoms with Crippen LogP contribution in [0.2, 0.25) is 0 Å². The molecule has 128 valence electrons. The van der Waals surface area contributed by atoms with Gasteiger partial charge in [0.1, 0.15) is 11.4 Å². The molecule has 5 atom stereocenters. The van der Waals surface area contributed by atoms with Crippen molar-refractivity contribution < 1.29 is 19.1 Å². The first kappa shape index (κ1) is 15.6. The highest BCUT2D eigenvalue weighted by atomic mass is 16.5. The molecular formula is C19H23NO4. The monoisotopic (exact) mass is 329 g/mol. The number of para-hydroxylation sites is 1. The number of hydrogen-bond donors (Lipinski definition) is 1. The van der Waals surface area contributed by atoms with E-state index in [1.165, 1.54) is 0 Å². The molecule has 2 saturated carbocycles. The topological polar surface area (TPSA) is 64.6 Å². The highest BCUT2D eigenvalue weighted by molar-refractivity contribution is 6.00. The number of Topliss-reactive ketones (excluding diaryl/α,β-unsaturated/α-hetero) is 1. The molecular weight excluding hydrogens is 306 g/mol. The molecule has 5 heteroatoms. The molecule has 0 radical (unpaired) electrons. The van der Waals surface area contributed by atoms with Crippen molar-refractivity contribution in [1.82, 2.24) is 5.32 Å². The second-order valence-corrected chi connectivity index (χ2v) is 7.38. The van der Waals surface area contributed by atoms with Crippen molar-refractivity contribution >= 4 is 11.7 Å². The number of fused-ring (bicyclic) bond motifs is 3. The van der Waals surface area contributed by atoms with E-state index in [9.17, 15) is 9.59 Å². The van der Waals surface area contributed by atoms with Crippen molar-refractivity contribution in [3.8, 4) is 5.75 Å². The lowest BCUT2D eigenvalue weighted by Crippen LogP contribution is -2.45. The van der Waals surface area contributed by atoms with Crippen LogP contribution >= 0.6 is 0 Å². The largest absolute Gasteiger partial charge is 0.486 e. The number of hydrogen-bond acceptors (Lipinski definition) is 4. The van der Waals surface area contributed by atoms with Gasteiger partial charge in [-0.2, -0.15) is 0 Å². The Hall–Kier alpha value is -1.88. The van der Waals surface area contributed by atoms with E-state index in [0.29, 0.717) is 30.3 Å². The molecule has 1 amide bonds. The predicted molar refractivity (Wildman–Crippen MR) is 87.9 cm³/mol. The Morgan fingerprint density at radius 2 is 2.25 bits per heavy atom. The van der Waals surface area contributed by atoms with Crippen molar-refractivity contribution in [2.45, 2.75) is 37.8 Å². The van der Waals surface area contributed by atoms with E-state index in [1.54, 1.807) is 7.11 Å². The molecule has 1 aromatic carbocycles. The molecule has 3 aliphatic rings. The van der Waals surface area contributed by atoms with Crippen LogP contribution in [-0.4, -0.2) is 37.0 Å². The first-order chi connectivity index (χ1) is 11.6. The minimum absolute atomic E-state index is 0.00518. The highest BCUT2D eigenvalue weighted by Crippen LogP contribution is 2.65. The Morgan fingerprint density at radius 3 is 3.04 bits per heavy atom. The van der Waals surface area contributed by atoms with Crippen LogP contribution < -0.4 is 10.1 Å². The minimum atomic E-state index is -0.484. The Bertz CT molecular complexity index is 688. The van der Waals surface area contributed by atoms with Gasteiger partial charge in [0.25, 0.3) is 0 Å². The van der Waals surface area contributed by atoms with Crippen LogP contribution in [0.1, 0.15) is 36.5 Å². The third-order valence-corrected chi connectivity index (χ3v) is 5.75. The minimum Gasteiger partial charge on any atom is -0.486 e. The summed E-state index contributed by atoms with van der Waals surface area (Å²) in [7, 11) is 1.63. The van der Waals surface area contributed by atoms with Gasteiger partial charge in [-0.25, -0.2) is 0 Å². The third-order valence-electron chi connectivity index (χ3n) is 5.75. The molecule has 2 aliphatic carbocycles. The Balaban J connectivity index is 1.51. The Morgan fingerprint density at radius 1 is 1.46 bits per heavy atom. The van der Waals surface area contributed by atoms with E-state index < -0.39 is 5.60 Å². The number of nitrogens with one attached hydrogen (secondary N) is 1. The zero-order valence-corrected chi connectivity index (χ0v) is 14.1. The van der Waals surface area contributed by atoms with E-state index in [4.69, 9.17) is 9.47 Å².